The molecule has 0 bridgehead atoms. The first-order chi connectivity index (χ1) is 14.9. The second kappa shape index (κ2) is 7.87. The predicted molar refractivity (Wildman–Crippen MR) is 115 cm³/mol. The molecule has 7 heteroatoms. The van der Waals surface area contributed by atoms with Gasteiger partial charge in [-0.05, 0) is 43.2 Å². The van der Waals surface area contributed by atoms with Crippen LogP contribution in [0, 0.1) is 24.0 Å². The van der Waals surface area contributed by atoms with Crippen LogP contribution in [-0.2, 0) is 0 Å². The molecule has 31 heavy (non-hydrogen) atoms. The minimum atomic E-state index is -0.731. The molecule has 4 aromatic rings. The summed E-state index contributed by atoms with van der Waals surface area (Å²) in [5, 5.41) is 11.9. The summed E-state index contributed by atoms with van der Waals surface area (Å²) in [6.45, 7) is 3.18. The van der Waals surface area contributed by atoms with Crippen molar-refractivity contribution in [2.75, 3.05) is 0 Å². The van der Waals surface area contributed by atoms with Crippen LogP contribution >= 0.6 is 0 Å². The second-order valence-electron chi connectivity index (χ2n) is 7.01. The van der Waals surface area contributed by atoms with Crippen LogP contribution in [0.15, 0.2) is 75.9 Å². The van der Waals surface area contributed by atoms with E-state index in [1.54, 1.807) is 19.1 Å². The maximum Gasteiger partial charge on any atom is 0.344 e. The highest BCUT2D eigenvalue weighted by Crippen LogP contribution is 2.33. The molecule has 0 aliphatic rings. The van der Waals surface area contributed by atoms with E-state index in [-0.39, 0.29) is 22.6 Å². The van der Waals surface area contributed by atoms with Gasteiger partial charge in [-0.1, -0.05) is 36.4 Å². The van der Waals surface area contributed by atoms with Gasteiger partial charge in [0.05, 0.1) is 10.5 Å². The van der Waals surface area contributed by atoms with E-state index in [1.165, 1.54) is 31.2 Å². The molecule has 0 unspecified atom stereocenters. The van der Waals surface area contributed by atoms with E-state index < -0.39 is 16.5 Å². The third-order valence-corrected chi connectivity index (χ3v) is 5.12. The minimum absolute atomic E-state index is 0.0909. The number of hydrogen-bond donors (Lipinski definition) is 0. The maximum absolute atomic E-state index is 12.7. The highest BCUT2D eigenvalue weighted by atomic mass is 16.6. The Morgan fingerprint density at radius 1 is 0.968 bits per heavy atom. The van der Waals surface area contributed by atoms with Gasteiger partial charge >= 0.3 is 11.6 Å². The van der Waals surface area contributed by atoms with Gasteiger partial charge in [0.15, 0.2) is 0 Å². The molecule has 0 saturated carbocycles. The first kappa shape index (κ1) is 20.0. The summed E-state index contributed by atoms with van der Waals surface area (Å²) in [6, 6.07) is 18.4. The number of nitro benzene ring substituents is 1. The van der Waals surface area contributed by atoms with Crippen molar-refractivity contribution in [1.82, 2.24) is 0 Å². The Kier molecular flexibility index (Phi) is 5.09. The molecule has 1 aromatic heterocycles. The number of carbonyl (C=O) groups excluding carboxylic acids is 1. The van der Waals surface area contributed by atoms with Crippen LogP contribution in [0.4, 0.5) is 5.69 Å². The number of benzene rings is 3. The van der Waals surface area contributed by atoms with Crippen molar-refractivity contribution >= 4 is 22.6 Å². The van der Waals surface area contributed by atoms with E-state index in [4.69, 9.17) is 9.15 Å². The molecule has 0 spiro atoms. The summed E-state index contributed by atoms with van der Waals surface area (Å²) in [5.74, 6) is -0.526. The zero-order valence-corrected chi connectivity index (χ0v) is 16.7. The van der Waals surface area contributed by atoms with Gasteiger partial charge in [0.2, 0.25) is 0 Å². The average molecular weight is 415 g/mol. The van der Waals surface area contributed by atoms with Crippen molar-refractivity contribution < 1.29 is 18.9 Å². The molecule has 154 valence electrons. The molecule has 0 saturated heterocycles. The zero-order chi connectivity index (χ0) is 22.1. The quantitative estimate of drug-likeness (QED) is 0.149. The Morgan fingerprint density at radius 2 is 1.71 bits per heavy atom. The SMILES string of the molecule is Cc1c(C(=O)Oc2ccc3c(-c4ccccc4)cc(=O)oc3c2C)cccc1[N+](=O)[O-]. The van der Waals surface area contributed by atoms with Crippen LogP contribution in [0.2, 0.25) is 0 Å². The highest BCUT2D eigenvalue weighted by molar-refractivity contribution is 5.97. The van der Waals surface area contributed by atoms with Gasteiger partial charge in [0, 0.05) is 28.6 Å². The van der Waals surface area contributed by atoms with Crippen molar-refractivity contribution in [2.24, 2.45) is 0 Å². The van der Waals surface area contributed by atoms with Crippen LogP contribution in [0.25, 0.3) is 22.1 Å². The Balaban J connectivity index is 1.78. The molecule has 1 heterocycles. The molecule has 0 amide bonds. The monoisotopic (exact) mass is 415 g/mol. The average Bonchev–Trinajstić information content (AvgIpc) is 2.76. The van der Waals surface area contributed by atoms with E-state index >= 15 is 0 Å². The fraction of sp³-hybridized carbons (Fsp3) is 0.0833. The Labute approximate surface area is 176 Å². The van der Waals surface area contributed by atoms with E-state index in [0.717, 1.165) is 5.56 Å². The third kappa shape index (κ3) is 3.69. The fourth-order valence-electron chi connectivity index (χ4n) is 3.51. The van der Waals surface area contributed by atoms with Crippen LogP contribution < -0.4 is 10.4 Å². The lowest BCUT2D eigenvalue weighted by Crippen LogP contribution is -2.12. The van der Waals surface area contributed by atoms with E-state index in [1.807, 2.05) is 30.3 Å². The summed E-state index contributed by atoms with van der Waals surface area (Å²) in [7, 11) is 0. The number of esters is 1. The Hall–Kier alpha value is -4.26. The van der Waals surface area contributed by atoms with Gasteiger partial charge in [0.1, 0.15) is 11.3 Å². The summed E-state index contributed by atoms with van der Waals surface area (Å²) < 4.78 is 10.9. The number of rotatable bonds is 4. The number of hydrogen-bond acceptors (Lipinski definition) is 6. The van der Waals surface area contributed by atoms with Gasteiger partial charge in [-0.25, -0.2) is 9.59 Å². The summed E-state index contributed by atoms with van der Waals surface area (Å²) in [6.07, 6.45) is 0. The number of nitrogens with zero attached hydrogens (tertiary/aromatic N) is 1. The fourth-order valence-corrected chi connectivity index (χ4v) is 3.51. The van der Waals surface area contributed by atoms with E-state index in [0.29, 0.717) is 22.1 Å². The van der Waals surface area contributed by atoms with Gasteiger partial charge in [-0.15, -0.1) is 0 Å². The Morgan fingerprint density at radius 3 is 2.42 bits per heavy atom. The van der Waals surface area contributed by atoms with Gasteiger partial charge in [-0.2, -0.15) is 0 Å². The van der Waals surface area contributed by atoms with E-state index in [9.17, 15) is 19.7 Å². The number of carbonyl (C=O) groups is 1. The number of ether oxygens (including phenoxy) is 1. The van der Waals surface area contributed by atoms with Crippen molar-refractivity contribution in [2.45, 2.75) is 13.8 Å². The predicted octanol–water partition coefficient (Wildman–Crippen LogP) is 5.20. The van der Waals surface area contributed by atoms with Crippen LogP contribution in [0.5, 0.6) is 5.75 Å². The molecular formula is C24H17NO6. The molecule has 0 aliphatic carbocycles. The molecule has 0 radical (unpaired) electrons. The lowest BCUT2D eigenvalue weighted by atomic mass is 10.00. The highest BCUT2D eigenvalue weighted by Gasteiger charge is 2.21. The number of fused-ring (bicyclic) bond motifs is 1. The minimum Gasteiger partial charge on any atom is -0.422 e. The van der Waals surface area contributed by atoms with Crippen molar-refractivity contribution in [3.63, 3.8) is 0 Å². The Bertz CT molecular complexity index is 1390. The normalized spacial score (nSPS) is 10.8. The standard InChI is InChI=1S/C24H17NO6/c1-14-17(9-6-10-20(14)25(28)29)24(27)30-21-12-11-18-19(16-7-4-3-5-8-16)13-22(26)31-23(18)15(21)2/h3-13H,1-2H3. The van der Waals surface area contributed by atoms with Crippen LogP contribution in [0.3, 0.4) is 0 Å². The largest absolute Gasteiger partial charge is 0.422 e. The van der Waals surface area contributed by atoms with Crippen molar-refractivity contribution in [3.8, 4) is 16.9 Å². The maximum atomic E-state index is 12.7. The third-order valence-electron chi connectivity index (χ3n) is 5.12. The molecule has 0 aliphatic heterocycles. The second-order valence-corrected chi connectivity index (χ2v) is 7.01. The lowest BCUT2D eigenvalue weighted by Gasteiger charge is -2.12. The molecule has 4 rings (SSSR count). The summed E-state index contributed by atoms with van der Waals surface area (Å²) >= 11 is 0. The van der Waals surface area contributed by atoms with E-state index in [2.05, 4.69) is 0 Å². The molecule has 0 atom stereocenters. The molecule has 3 aromatic carbocycles. The summed E-state index contributed by atoms with van der Waals surface area (Å²) in [5.41, 5.74) is 1.98. The molecular weight excluding hydrogens is 398 g/mol. The number of nitro groups is 1. The first-order valence-electron chi connectivity index (χ1n) is 9.46. The van der Waals surface area contributed by atoms with Crippen LogP contribution in [0.1, 0.15) is 21.5 Å². The van der Waals surface area contributed by atoms with Gasteiger partial charge in [0.25, 0.3) is 5.69 Å². The van der Waals surface area contributed by atoms with Gasteiger partial charge in [-0.3, -0.25) is 10.1 Å². The lowest BCUT2D eigenvalue weighted by molar-refractivity contribution is -0.385. The molecule has 0 N–H and O–H groups in total. The zero-order valence-electron chi connectivity index (χ0n) is 16.7. The molecule has 7 nitrogen and oxygen atoms in total. The van der Waals surface area contributed by atoms with Crippen molar-refractivity contribution in [3.05, 3.63) is 104 Å². The topological polar surface area (TPSA) is 99.7 Å². The van der Waals surface area contributed by atoms with Gasteiger partial charge < -0.3 is 9.15 Å². The van der Waals surface area contributed by atoms with Crippen molar-refractivity contribution in [1.29, 1.82) is 0 Å². The summed E-state index contributed by atoms with van der Waals surface area (Å²) in [4.78, 5) is 35.5. The van der Waals surface area contributed by atoms with Crippen LogP contribution in [-0.4, -0.2) is 10.9 Å². The molecule has 0 fully saturated rings. The smallest absolute Gasteiger partial charge is 0.344 e. The first-order valence-corrected chi connectivity index (χ1v) is 9.46. The number of aryl methyl sites for hydroxylation is 1.